The Morgan fingerprint density at radius 1 is 1.04 bits per heavy atom. The summed E-state index contributed by atoms with van der Waals surface area (Å²) in [6.45, 7) is 1.53. The number of anilines is 1. The Labute approximate surface area is 148 Å². The van der Waals surface area contributed by atoms with Gasteiger partial charge < -0.3 is 14.5 Å². The number of alkyl halides is 3. The molecular formula is C17H17F3N4O2. The lowest BCUT2D eigenvalue weighted by atomic mass is 10.2. The van der Waals surface area contributed by atoms with Crippen LogP contribution in [0.3, 0.4) is 0 Å². The van der Waals surface area contributed by atoms with Crippen LogP contribution in [0.1, 0.15) is 5.56 Å². The zero-order valence-electron chi connectivity index (χ0n) is 13.8. The van der Waals surface area contributed by atoms with Crippen LogP contribution < -0.4 is 9.64 Å². The number of piperazine rings is 1. The second-order valence-corrected chi connectivity index (χ2v) is 5.70. The fraction of sp³-hybridized carbons (Fsp3) is 0.353. The minimum Gasteiger partial charge on any atom is -0.483 e. The molecule has 0 N–H and O–H groups in total. The average Bonchev–Trinajstić information content (AvgIpc) is 2.66. The van der Waals surface area contributed by atoms with E-state index in [-0.39, 0.29) is 11.7 Å². The van der Waals surface area contributed by atoms with Crippen molar-refractivity contribution < 1.29 is 22.7 Å². The Hall–Kier alpha value is -2.84. The van der Waals surface area contributed by atoms with E-state index in [1.54, 1.807) is 23.4 Å². The summed E-state index contributed by atoms with van der Waals surface area (Å²) in [5.74, 6) is -0.102. The Kier molecular flexibility index (Phi) is 5.24. The van der Waals surface area contributed by atoms with Crippen LogP contribution in [-0.2, 0) is 11.0 Å². The minimum atomic E-state index is -4.53. The summed E-state index contributed by atoms with van der Waals surface area (Å²) in [4.78, 5) is 24.1. The molecule has 2 aromatic rings. The van der Waals surface area contributed by atoms with Crippen LogP contribution in [0.25, 0.3) is 0 Å². The van der Waals surface area contributed by atoms with E-state index in [9.17, 15) is 18.0 Å². The SMILES string of the molecule is O=C(COc1ccccc1C(F)(F)F)N1CCN(c2ncccn2)CC1. The van der Waals surface area contributed by atoms with Gasteiger partial charge in [-0.1, -0.05) is 12.1 Å². The molecule has 0 saturated carbocycles. The molecule has 1 aromatic carbocycles. The highest BCUT2D eigenvalue weighted by Gasteiger charge is 2.34. The molecule has 1 aliphatic rings. The second kappa shape index (κ2) is 7.59. The van der Waals surface area contributed by atoms with Gasteiger partial charge in [0.15, 0.2) is 6.61 Å². The number of hydrogen-bond donors (Lipinski definition) is 0. The number of carbonyl (C=O) groups excluding carboxylic acids is 1. The van der Waals surface area contributed by atoms with Gasteiger partial charge >= 0.3 is 6.18 Å². The van der Waals surface area contributed by atoms with Gasteiger partial charge in [-0.15, -0.1) is 0 Å². The molecule has 0 radical (unpaired) electrons. The van der Waals surface area contributed by atoms with Crippen molar-refractivity contribution in [1.29, 1.82) is 0 Å². The summed E-state index contributed by atoms with van der Waals surface area (Å²) in [5, 5.41) is 0. The molecule has 1 saturated heterocycles. The van der Waals surface area contributed by atoms with Gasteiger partial charge in [-0.05, 0) is 18.2 Å². The molecular weight excluding hydrogens is 349 g/mol. The normalized spacial score (nSPS) is 15.0. The van der Waals surface area contributed by atoms with Crippen LogP contribution >= 0.6 is 0 Å². The third-order valence-corrected chi connectivity index (χ3v) is 4.01. The van der Waals surface area contributed by atoms with Gasteiger partial charge in [-0.2, -0.15) is 13.2 Å². The summed E-state index contributed by atoms with van der Waals surface area (Å²) in [6, 6.07) is 6.58. The molecule has 1 amide bonds. The fourth-order valence-corrected chi connectivity index (χ4v) is 2.67. The van der Waals surface area contributed by atoms with Crippen LogP contribution in [0.4, 0.5) is 19.1 Å². The van der Waals surface area contributed by atoms with Crippen molar-refractivity contribution in [2.24, 2.45) is 0 Å². The van der Waals surface area contributed by atoms with E-state index in [4.69, 9.17) is 4.74 Å². The van der Waals surface area contributed by atoms with Gasteiger partial charge in [0.05, 0.1) is 5.56 Å². The first-order valence-corrected chi connectivity index (χ1v) is 8.04. The van der Waals surface area contributed by atoms with Crippen LogP contribution in [-0.4, -0.2) is 53.6 Å². The molecule has 1 aromatic heterocycles. The van der Waals surface area contributed by atoms with Crippen molar-refractivity contribution >= 4 is 11.9 Å². The first kappa shape index (κ1) is 18.0. The van der Waals surface area contributed by atoms with Gasteiger partial charge in [0.2, 0.25) is 5.95 Å². The van der Waals surface area contributed by atoms with Gasteiger partial charge in [0, 0.05) is 38.6 Å². The number of ether oxygens (including phenoxy) is 1. The van der Waals surface area contributed by atoms with E-state index in [0.29, 0.717) is 32.1 Å². The summed E-state index contributed by atoms with van der Waals surface area (Å²) in [6.07, 6.45) is -1.24. The van der Waals surface area contributed by atoms with E-state index in [0.717, 1.165) is 6.07 Å². The molecule has 0 bridgehead atoms. The monoisotopic (exact) mass is 366 g/mol. The smallest absolute Gasteiger partial charge is 0.419 e. The number of hydrogen-bond acceptors (Lipinski definition) is 5. The Morgan fingerprint density at radius 3 is 2.35 bits per heavy atom. The molecule has 0 unspecified atom stereocenters. The molecule has 2 heterocycles. The molecule has 138 valence electrons. The molecule has 0 atom stereocenters. The molecule has 1 aliphatic heterocycles. The quantitative estimate of drug-likeness (QED) is 0.831. The Balaban J connectivity index is 1.54. The van der Waals surface area contributed by atoms with Gasteiger partial charge in [0.25, 0.3) is 5.91 Å². The first-order valence-electron chi connectivity index (χ1n) is 8.04. The summed E-state index contributed by atoms with van der Waals surface area (Å²) in [7, 11) is 0. The van der Waals surface area contributed by atoms with Gasteiger partial charge in [-0.25, -0.2) is 9.97 Å². The number of rotatable bonds is 4. The lowest BCUT2D eigenvalue weighted by Gasteiger charge is -2.34. The van der Waals surface area contributed by atoms with Gasteiger partial charge in [0.1, 0.15) is 5.75 Å². The molecule has 9 heteroatoms. The Morgan fingerprint density at radius 2 is 1.69 bits per heavy atom. The van der Waals surface area contributed by atoms with Crippen molar-refractivity contribution in [2.75, 3.05) is 37.7 Å². The molecule has 3 rings (SSSR count). The number of carbonyl (C=O) groups is 1. The number of benzene rings is 1. The van der Waals surface area contributed by atoms with Crippen molar-refractivity contribution in [3.63, 3.8) is 0 Å². The summed E-state index contributed by atoms with van der Waals surface area (Å²) in [5.41, 5.74) is -0.890. The lowest BCUT2D eigenvalue weighted by molar-refractivity contribution is -0.141. The predicted molar refractivity (Wildman–Crippen MR) is 87.8 cm³/mol. The van der Waals surface area contributed by atoms with Crippen molar-refractivity contribution in [1.82, 2.24) is 14.9 Å². The van der Waals surface area contributed by atoms with E-state index in [1.807, 2.05) is 4.90 Å². The van der Waals surface area contributed by atoms with Gasteiger partial charge in [-0.3, -0.25) is 4.79 Å². The zero-order chi connectivity index (χ0) is 18.6. The van der Waals surface area contributed by atoms with Crippen LogP contribution in [0.5, 0.6) is 5.75 Å². The second-order valence-electron chi connectivity index (χ2n) is 5.70. The zero-order valence-corrected chi connectivity index (χ0v) is 13.8. The third-order valence-electron chi connectivity index (χ3n) is 4.01. The number of nitrogens with zero attached hydrogens (tertiary/aromatic N) is 4. The highest BCUT2D eigenvalue weighted by atomic mass is 19.4. The predicted octanol–water partition coefficient (Wildman–Crippen LogP) is 2.22. The minimum absolute atomic E-state index is 0.343. The molecule has 26 heavy (non-hydrogen) atoms. The highest BCUT2D eigenvalue weighted by molar-refractivity contribution is 5.78. The van der Waals surface area contributed by atoms with E-state index in [2.05, 4.69) is 9.97 Å². The number of amides is 1. The summed E-state index contributed by atoms with van der Waals surface area (Å²) >= 11 is 0. The maximum absolute atomic E-state index is 12.9. The Bertz CT molecular complexity index is 747. The number of aromatic nitrogens is 2. The molecule has 6 nitrogen and oxygen atoms in total. The standard InChI is InChI=1S/C17H17F3N4O2/c18-17(19,20)13-4-1-2-5-14(13)26-12-15(25)23-8-10-24(11-9-23)16-21-6-3-7-22-16/h1-7H,8-12H2. The van der Waals surface area contributed by atoms with Crippen LogP contribution in [0, 0.1) is 0 Å². The van der Waals surface area contributed by atoms with Crippen molar-refractivity contribution in [3.8, 4) is 5.75 Å². The molecule has 0 aliphatic carbocycles. The average molecular weight is 366 g/mol. The largest absolute Gasteiger partial charge is 0.483 e. The van der Waals surface area contributed by atoms with E-state index < -0.39 is 18.3 Å². The fourth-order valence-electron chi connectivity index (χ4n) is 2.67. The third kappa shape index (κ3) is 4.22. The molecule has 1 fully saturated rings. The van der Waals surface area contributed by atoms with E-state index in [1.165, 1.54) is 18.2 Å². The molecule has 0 spiro atoms. The maximum atomic E-state index is 12.9. The maximum Gasteiger partial charge on any atom is 0.419 e. The number of halogens is 3. The van der Waals surface area contributed by atoms with Crippen LogP contribution in [0.2, 0.25) is 0 Å². The highest BCUT2D eigenvalue weighted by Crippen LogP contribution is 2.35. The van der Waals surface area contributed by atoms with Crippen molar-refractivity contribution in [3.05, 3.63) is 48.3 Å². The first-order chi connectivity index (χ1) is 12.4. The number of para-hydroxylation sites is 1. The van der Waals surface area contributed by atoms with Crippen molar-refractivity contribution in [2.45, 2.75) is 6.18 Å². The lowest BCUT2D eigenvalue weighted by Crippen LogP contribution is -2.50. The topological polar surface area (TPSA) is 58.6 Å². The van der Waals surface area contributed by atoms with E-state index >= 15 is 0 Å². The summed E-state index contributed by atoms with van der Waals surface area (Å²) < 4.78 is 44.0. The van der Waals surface area contributed by atoms with Crippen LogP contribution in [0.15, 0.2) is 42.7 Å².